The average Bonchev–Trinajstić information content (AvgIpc) is 2.31. The summed E-state index contributed by atoms with van der Waals surface area (Å²) in [5, 5.41) is 8.80. The molecule has 1 aliphatic rings. The van der Waals surface area contributed by atoms with E-state index in [1.807, 2.05) is 6.07 Å². The Hall–Kier alpha value is -1.55. The van der Waals surface area contributed by atoms with Gasteiger partial charge in [-0.2, -0.15) is 0 Å². The summed E-state index contributed by atoms with van der Waals surface area (Å²) in [5.41, 5.74) is -0.148. The van der Waals surface area contributed by atoms with Gasteiger partial charge in [-0.05, 0) is 12.1 Å². The second-order valence-corrected chi connectivity index (χ2v) is 3.49. The van der Waals surface area contributed by atoms with Gasteiger partial charge in [-0.1, -0.05) is 6.08 Å². The molecule has 0 radical (unpaired) electrons. The Morgan fingerprint density at radius 1 is 1.53 bits per heavy atom. The lowest BCUT2D eigenvalue weighted by Crippen LogP contribution is -2.30. The summed E-state index contributed by atoms with van der Waals surface area (Å²) in [7, 11) is 0. The maximum atomic E-state index is 13.5. The zero-order valence-corrected chi connectivity index (χ0v) is 8.10. The van der Waals surface area contributed by atoms with Crippen LogP contribution in [0.4, 0.5) is 4.39 Å². The normalized spacial score (nSPS) is 25.1. The van der Waals surface area contributed by atoms with Crippen LogP contribution in [-0.2, 0) is 0 Å². The van der Waals surface area contributed by atoms with E-state index in [4.69, 9.17) is 5.11 Å². The van der Waals surface area contributed by atoms with Crippen molar-refractivity contribution in [2.75, 3.05) is 6.61 Å². The molecule has 1 unspecified atom stereocenters. The Morgan fingerprint density at radius 2 is 2.40 bits per heavy atom. The molecular weight excluding hydrogens is 195 g/mol. The summed E-state index contributed by atoms with van der Waals surface area (Å²) >= 11 is 0. The number of hydrogen-bond donors (Lipinski definition) is 1. The fourth-order valence-electron chi connectivity index (χ4n) is 1.37. The quantitative estimate of drug-likeness (QED) is 0.798. The first-order valence-electron chi connectivity index (χ1n) is 4.69. The van der Waals surface area contributed by atoms with E-state index >= 15 is 0 Å². The van der Waals surface area contributed by atoms with E-state index in [0.717, 1.165) is 11.8 Å². The Morgan fingerprint density at radius 3 is 2.93 bits per heavy atom. The summed E-state index contributed by atoms with van der Waals surface area (Å²) in [6.07, 6.45) is 6.33. The Bertz CT molecular complexity index is 402. The van der Waals surface area contributed by atoms with Crippen molar-refractivity contribution in [2.45, 2.75) is 12.1 Å². The molecule has 4 heteroatoms. The minimum Gasteiger partial charge on any atom is -0.393 e. The largest absolute Gasteiger partial charge is 0.393 e. The fraction of sp³-hybridized carbons (Fsp3) is 0.273. The van der Waals surface area contributed by atoms with Gasteiger partial charge in [0.15, 0.2) is 5.67 Å². The van der Waals surface area contributed by atoms with Gasteiger partial charge >= 0.3 is 0 Å². The molecule has 78 valence electrons. The maximum absolute atomic E-state index is 13.5. The monoisotopic (exact) mass is 206 g/mol. The second kappa shape index (κ2) is 3.90. The summed E-state index contributed by atoms with van der Waals surface area (Å²) in [6, 6.07) is 3.66. The highest BCUT2D eigenvalue weighted by Crippen LogP contribution is 2.25. The number of rotatable bonds is 2. The average molecular weight is 206 g/mol. The zero-order valence-electron chi connectivity index (χ0n) is 8.10. The van der Waals surface area contributed by atoms with Crippen LogP contribution < -0.4 is 0 Å². The van der Waals surface area contributed by atoms with Crippen LogP contribution in [-0.4, -0.2) is 28.6 Å². The van der Waals surface area contributed by atoms with Crippen LogP contribution in [0.15, 0.2) is 35.6 Å². The summed E-state index contributed by atoms with van der Waals surface area (Å²) in [5.74, 6) is 0. The smallest absolute Gasteiger partial charge is 0.172 e. The van der Waals surface area contributed by atoms with E-state index in [1.54, 1.807) is 24.5 Å². The molecular formula is C11H11FN2O. The van der Waals surface area contributed by atoms with Crippen molar-refractivity contribution in [3.05, 3.63) is 36.2 Å². The molecule has 1 aliphatic heterocycles. The van der Waals surface area contributed by atoms with E-state index in [0.29, 0.717) is 5.70 Å². The molecule has 0 fully saturated rings. The first-order chi connectivity index (χ1) is 7.23. The highest BCUT2D eigenvalue weighted by Gasteiger charge is 2.28. The molecule has 2 rings (SSSR count). The molecule has 1 N–H and O–H groups in total. The summed E-state index contributed by atoms with van der Waals surface area (Å²) in [4.78, 5) is 7.94. The van der Waals surface area contributed by atoms with Crippen molar-refractivity contribution in [3.63, 3.8) is 0 Å². The molecule has 0 aromatic carbocycles. The lowest BCUT2D eigenvalue weighted by Gasteiger charge is -2.20. The first kappa shape index (κ1) is 9.98. The molecule has 0 bridgehead atoms. The Kier molecular flexibility index (Phi) is 2.60. The second-order valence-electron chi connectivity index (χ2n) is 3.49. The minimum absolute atomic E-state index is 0.150. The zero-order chi connectivity index (χ0) is 10.7. The van der Waals surface area contributed by atoms with Gasteiger partial charge in [0, 0.05) is 30.6 Å². The predicted molar refractivity (Wildman–Crippen MR) is 56.2 cm³/mol. The van der Waals surface area contributed by atoms with E-state index < -0.39 is 12.3 Å². The number of aliphatic hydroxyl groups excluding tert-OH is 1. The van der Waals surface area contributed by atoms with Crippen LogP contribution in [0, 0.1) is 0 Å². The molecule has 0 saturated heterocycles. The Labute approximate surface area is 87.0 Å². The number of halogens is 1. The maximum Gasteiger partial charge on any atom is 0.172 e. The minimum atomic E-state index is -1.70. The summed E-state index contributed by atoms with van der Waals surface area (Å²) in [6.45, 7) is -0.534. The van der Waals surface area contributed by atoms with Crippen molar-refractivity contribution < 1.29 is 9.50 Å². The SMILES string of the molecule is OCC1(F)C=NC(c2cccnc2)=CC1. The molecule has 1 aromatic rings. The third-order valence-corrected chi connectivity index (χ3v) is 2.29. The van der Waals surface area contributed by atoms with Crippen LogP contribution in [0.5, 0.6) is 0 Å². The predicted octanol–water partition coefficient (Wildman–Crippen LogP) is 1.60. The molecule has 2 heterocycles. The van der Waals surface area contributed by atoms with Gasteiger partial charge in [-0.3, -0.25) is 9.98 Å². The first-order valence-corrected chi connectivity index (χ1v) is 4.69. The fourth-order valence-corrected chi connectivity index (χ4v) is 1.37. The number of aromatic nitrogens is 1. The van der Waals surface area contributed by atoms with Crippen LogP contribution in [0.3, 0.4) is 0 Å². The molecule has 0 saturated carbocycles. The van der Waals surface area contributed by atoms with Crippen LogP contribution in [0.1, 0.15) is 12.0 Å². The molecule has 0 spiro atoms. The number of pyridine rings is 1. The third kappa shape index (κ3) is 2.10. The van der Waals surface area contributed by atoms with Gasteiger partial charge < -0.3 is 5.11 Å². The van der Waals surface area contributed by atoms with Crippen molar-refractivity contribution in [1.29, 1.82) is 0 Å². The number of alkyl halides is 1. The summed E-state index contributed by atoms with van der Waals surface area (Å²) < 4.78 is 13.5. The van der Waals surface area contributed by atoms with E-state index in [2.05, 4.69) is 9.98 Å². The third-order valence-electron chi connectivity index (χ3n) is 2.29. The molecule has 15 heavy (non-hydrogen) atoms. The van der Waals surface area contributed by atoms with Gasteiger partial charge in [0.1, 0.15) is 0 Å². The number of nitrogens with zero attached hydrogens (tertiary/aromatic N) is 2. The van der Waals surface area contributed by atoms with Crippen LogP contribution in [0.2, 0.25) is 0 Å². The highest BCUT2D eigenvalue weighted by molar-refractivity contribution is 5.81. The molecule has 3 nitrogen and oxygen atoms in total. The highest BCUT2D eigenvalue weighted by atomic mass is 19.1. The van der Waals surface area contributed by atoms with Crippen molar-refractivity contribution >= 4 is 11.9 Å². The van der Waals surface area contributed by atoms with Crippen LogP contribution >= 0.6 is 0 Å². The van der Waals surface area contributed by atoms with Crippen LogP contribution in [0.25, 0.3) is 5.70 Å². The molecule has 1 atom stereocenters. The standard InChI is InChI=1S/C11H11FN2O/c12-11(8-15)4-3-10(14-7-11)9-2-1-5-13-6-9/h1-3,5-7,15H,4,8H2. The van der Waals surface area contributed by atoms with Crippen molar-refractivity contribution in [2.24, 2.45) is 4.99 Å². The molecule has 0 amide bonds. The van der Waals surface area contributed by atoms with Crippen molar-refractivity contribution in [3.8, 4) is 0 Å². The topological polar surface area (TPSA) is 45.5 Å². The lowest BCUT2D eigenvalue weighted by molar-refractivity contribution is 0.137. The van der Waals surface area contributed by atoms with Crippen molar-refractivity contribution in [1.82, 2.24) is 4.98 Å². The number of allylic oxidation sites excluding steroid dienone is 1. The number of aliphatic hydroxyl groups is 1. The number of aliphatic imine (C=N–C) groups is 1. The number of hydrogen-bond acceptors (Lipinski definition) is 3. The van der Waals surface area contributed by atoms with E-state index in [-0.39, 0.29) is 6.42 Å². The molecule has 1 aromatic heterocycles. The Balaban J connectivity index is 2.20. The lowest BCUT2D eigenvalue weighted by atomic mass is 10.00. The van der Waals surface area contributed by atoms with Gasteiger partial charge in [0.2, 0.25) is 0 Å². The van der Waals surface area contributed by atoms with E-state index in [1.165, 1.54) is 0 Å². The van der Waals surface area contributed by atoms with Gasteiger partial charge in [0.25, 0.3) is 0 Å². The van der Waals surface area contributed by atoms with Gasteiger partial charge in [-0.25, -0.2) is 4.39 Å². The van der Waals surface area contributed by atoms with Gasteiger partial charge in [-0.15, -0.1) is 0 Å². The molecule has 0 aliphatic carbocycles. The van der Waals surface area contributed by atoms with E-state index in [9.17, 15) is 4.39 Å². The van der Waals surface area contributed by atoms with Gasteiger partial charge in [0.05, 0.1) is 12.3 Å².